The summed E-state index contributed by atoms with van der Waals surface area (Å²) >= 11 is 3.28. The van der Waals surface area contributed by atoms with Crippen molar-refractivity contribution in [2.45, 2.75) is 6.92 Å². The Kier molecular flexibility index (Phi) is 4.19. The highest BCUT2D eigenvalue weighted by atomic mass is 79.9. The van der Waals surface area contributed by atoms with Crippen LogP contribution < -0.4 is 9.47 Å². The molecule has 3 nitrogen and oxygen atoms in total. The topological polar surface area (TPSA) is 35.5 Å². The molecule has 0 saturated carbocycles. The predicted molar refractivity (Wildman–Crippen MR) is 60.2 cm³/mol. The number of carbonyl (C=O) groups excluding carboxylic acids is 1. The van der Waals surface area contributed by atoms with Gasteiger partial charge >= 0.3 is 0 Å². The van der Waals surface area contributed by atoms with Crippen molar-refractivity contribution < 1.29 is 14.3 Å². The molecule has 1 rings (SSSR count). The molecule has 0 radical (unpaired) electrons. The Hall–Kier alpha value is -1.47. The van der Waals surface area contributed by atoms with Crippen LogP contribution in [0.1, 0.15) is 17.3 Å². The Labute approximate surface area is 96.5 Å². The summed E-state index contributed by atoms with van der Waals surface area (Å²) in [4.78, 5) is 10.6. The summed E-state index contributed by atoms with van der Waals surface area (Å²) in [7, 11) is 1.50. The summed E-state index contributed by atoms with van der Waals surface area (Å²) in [6.45, 7) is 1.67. The molecule has 0 fully saturated rings. The van der Waals surface area contributed by atoms with Crippen LogP contribution in [0.25, 0.3) is 0 Å². The molecule has 0 heterocycles. The van der Waals surface area contributed by atoms with E-state index in [4.69, 9.17) is 9.47 Å². The van der Waals surface area contributed by atoms with Crippen molar-refractivity contribution in [2.75, 3.05) is 7.11 Å². The first kappa shape index (κ1) is 11.6. The summed E-state index contributed by atoms with van der Waals surface area (Å²) in [5.74, 6) is 3.54. The van der Waals surface area contributed by atoms with E-state index in [1.165, 1.54) is 7.11 Å². The highest BCUT2D eigenvalue weighted by molar-refractivity contribution is 9.10. The molecule has 0 bridgehead atoms. The largest absolute Gasteiger partial charge is 0.493 e. The third kappa shape index (κ3) is 2.74. The number of carbonyl (C=O) groups is 1. The van der Waals surface area contributed by atoms with Gasteiger partial charge in [0.2, 0.25) is 0 Å². The SMILES string of the molecule is CC#COc1c(Br)cc(C=O)cc1OC. The van der Waals surface area contributed by atoms with E-state index in [2.05, 4.69) is 28.0 Å². The van der Waals surface area contributed by atoms with Gasteiger partial charge in [-0.1, -0.05) is 5.92 Å². The molecule has 0 aliphatic rings. The Bertz CT molecular complexity index is 429. The minimum absolute atomic E-state index is 0.467. The second-order valence-electron chi connectivity index (χ2n) is 2.61. The maximum atomic E-state index is 10.6. The van der Waals surface area contributed by atoms with Gasteiger partial charge in [-0.15, -0.1) is 0 Å². The van der Waals surface area contributed by atoms with Crippen molar-refractivity contribution in [2.24, 2.45) is 0 Å². The summed E-state index contributed by atoms with van der Waals surface area (Å²) in [6.07, 6.45) is 3.21. The molecule has 4 heteroatoms. The smallest absolute Gasteiger partial charge is 0.196 e. The fourth-order valence-electron chi connectivity index (χ4n) is 1.01. The van der Waals surface area contributed by atoms with Crippen LogP contribution >= 0.6 is 15.9 Å². The van der Waals surface area contributed by atoms with Crippen LogP contribution in [0.5, 0.6) is 11.5 Å². The molecule has 0 aliphatic carbocycles. The van der Waals surface area contributed by atoms with Crippen LogP contribution in [0.2, 0.25) is 0 Å². The van der Waals surface area contributed by atoms with Crippen LogP contribution in [-0.4, -0.2) is 13.4 Å². The van der Waals surface area contributed by atoms with Crippen LogP contribution in [0.4, 0.5) is 0 Å². The molecule has 0 N–H and O–H groups in total. The monoisotopic (exact) mass is 268 g/mol. The molecule has 0 unspecified atom stereocenters. The first-order valence-electron chi connectivity index (χ1n) is 4.14. The molecular formula is C11H9BrO3. The van der Waals surface area contributed by atoms with Crippen molar-refractivity contribution >= 4 is 22.2 Å². The second-order valence-corrected chi connectivity index (χ2v) is 3.46. The quantitative estimate of drug-likeness (QED) is 0.625. The van der Waals surface area contributed by atoms with Crippen molar-refractivity contribution in [3.8, 4) is 23.5 Å². The Morgan fingerprint density at radius 1 is 1.47 bits per heavy atom. The van der Waals surface area contributed by atoms with Crippen molar-refractivity contribution in [3.05, 3.63) is 22.2 Å². The van der Waals surface area contributed by atoms with Gasteiger partial charge in [0.1, 0.15) is 12.4 Å². The molecule has 0 saturated heterocycles. The van der Waals surface area contributed by atoms with E-state index in [0.29, 0.717) is 21.5 Å². The lowest BCUT2D eigenvalue weighted by molar-refractivity contribution is 0.112. The first-order valence-corrected chi connectivity index (χ1v) is 4.93. The highest BCUT2D eigenvalue weighted by Gasteiger charge is 2.10. The van der Waals surface area contributed by atoms with E-state index in [-0.39, 0.29) is 0 Å². The van der Waals surface area contributed by atoms with Crippen molar-refractivity contribution in [1.29, 1.82) is 0 Å². The van der Waals surface area contributed by atoms with Crippen LogP contribution in [0.3, 0.4) is 0 Å². The van der Waals surface area contributed by atoms with E-state index in [1.807, 2.05) is 0 Å². The Balaban J connectivity index is 3.21. The van der Waals surface area contributed by atoms with Crippen LogP contribution in [0, 0.1) is 12.0 Å². The molecular weight excluding hydrogens is 260 g/mol. The number of hydrogen-bond acceptors (Lipinski definition) is 3. The van der Waals surface area contributed by atoms with Gasteiger partial charge in [-0.05, 0) is 28.1 Å². The van der Waals surface area contributed by atoms with E-state index in [0.717, 1.165) is 6.29 Å². The lowest BCUT2D eigenvalue weighted by atomic mass is 10.2. The predicted octanol–water partition coefficient (Wildman–Crippen LogP) is 2.63. The molecule has 0 aliphatic heterocycles. The summed E-state index contributed by atoms with van der Waals surface area (Å²) in [6, 6.07) is 3.23. The van der Waals surface area contributed by atoms with Crippen molar-refractivity contribution in [1.82, 2.24) is 0 Å². The standard InChI is InChI=1S/C11H9BrO3/c1-3-4-15-11-9(12)5-8(7-13)6-10(11)14-2/h5-7H,1-2H3. The first-order chi connectivity index (χ1) is 7.22. The minimum atomic E-state index is 0.467. The molecule has 0 spiro atoms. The van der Waals surface area contributed by atoms with E-state index < -0.39 is 0 Å². The average molecular weight is 269 g/mol. The fourth-order valence-corrected chi connectivity index (χ4v) is 1.55. The number of rotatable bonds is 3. The average Bonchev–Trinajstić information content (AvgIpc) is 2.26. The van der Waals surface area contributed by atoms with E-state index >= 15 is 0 Å². The molecule has 0 amide bonds. The molecule has 78 valence electrons. The Morgan fingerprint density at radius 2 is 2.20 bits per heavy atom. The van der Waals surface area contributed by atoms with Crippen LogP contribution in [0.15, 0.2) is 16.6 Å². The normalized spacial score (nSPS) is 8.73. The summed E-state index contributed by atoms with van der Waals surface area (Å²) < 4.78 is 10.9. The van der Waals surface area contributed by atoms with Gasteiger partial charge in [0.15, 0.2) is 11.5 Å². The van der Waals surface area contributed by atoms with E-state index in [1.54, 1.807) is 19.1 Å². The van der Waals surface area contributed by atoms with Gasteiger partial charge < -0.3 is 9.47 Å². The zero-order valence-corrected chi connectivity index (χ0v) is 9.92. The third-order valence-corrected chi connectivity index (χ3v) is 2.23. The van der Waals surface area contributed by atoms with Gasteiger partial charge in [0, 0.05) is 12.5 Å². The summed E-state index contributed by atoms with van der Waals surface area (Å²) in [5, 5.41) is 0. The maximum absolute atomic E-state index is 10.6. The molecule has 1 aromatic rings. The lowest BCUT2D eigenvalue weighted by Crippen LogP contribution is -1.93. The van der Waals surface area contributed by atoms with Crippen LogP contribution in [-0.2, 0) is 0 Å². The van der Waals surface area contributed by atoms with E-state index in [9.17, 15) is 4.79 Å². The van der Waals surface area contributed by atoms with Gasteiger partial charge in [-0.25, -0.2) is 0 Å². The van der Waals surface area contributed by atoms with Gasteiger partial charge in [0.05, 0.1) is 11.6 Å². The number of aldehydes is 1. The van der Waals surface area contributed by atoms with Crippen molar-refractivity contribution in [3.63, 3.8) is 0 Å². The molecule has 15 heavy (non-hydrogen) atoms. The van der Waals surface area contributed by atoms with Gasteiger partial charge in [-0.2, -0.15) is 0 Å². The second kappa shape index (κ2) is 5.42. The third-order valence-electron chi connectivity index (χ3n) is 1.64. The number of ether oxygens (including phenoxy) is 2. The number of benzene rings is 1. The number of halogens is 1. The molecule has 0 atom stereocenters. The lowest BCUT2D eigenvalue weighted by Gasteiger charge is -2.08. The fraction of sp³-hybridized carbons (Fsp3) is 0.182. The maximum Gasteiger partial charge on any atom is 0.196 e. The summed E-state index contributed by atoms with van der Waals surface area (Å²) in [5.41, 5.74) is 0.510. The zero-order chi connectivity index (χ0) is 11.3. The molecule has 0 aromatic heterocycles. The van der Waals surface area contributed by atoms with Gasteiger partial charge in [-0.3, -0.25) is 4.79 Å². The minimum Gasteiger partial charge on any atom is -0.493 e. The highest BCUT2D eigenvalue weighted by Crippen LogP contribution is 2.36. The number of hydrogen-bond donors (Lipinski definition) is 0. The zero-order valence-electron chi connectivity index (χ0n) is 8.33. The number of methoxy groups -OCH3 is 1. The molecule has 1 aromatic carbocycles. The van der Waals surface area contributed by atoms with Gasteiger partial charge in [0.25, 0.3) is 0 Å². The Morgan fingerprint density at radius 3 is 2.73 bits per heavy atom.